The number of ether oxygens (including phenoxy) is 2. The molecular formula is C18H21NO2S. The second-order valence-corrected chi connectivity index (χ2v) is 7.09. The normalized spacial score (nSPS) is 27.1. The number of hydrogen-bond acceptors (Lipinski definition) is 4. The van der Waals surface area contributed by atoms with Crippen molar-refractivity contribution >= 4 is 17.0 Å². The molecule has 0 radical (unpaired) electrons. The van der Waals surface area contributed by atoms with Crippen molar-refractivity contribution in [3.8, 4) is 0 Å². The number of anilines is 1. The molecule has 2 aliphatic heterocycles. The molecule has 2 aromatic rings. The van der Waals surface area contributed by atoms with Gasteiger partial charge in [0.25, 0.3) is 0 Å². The minimum atomic E-state index is 0.0219. The zero-order chi connectivity index (χ0) is 15.1. The Balaban J connectivity index is 1.77. The highest BCUT2D eigenvalue weighted by Crippen LogP contribution is 2.45. The summed E-state index contributed by atoms with van der Waals surface area (Å²) in [7, 11) is 0. The Morgan fingerprint density at radius 1 is 1.18 bits per heavy atom. The van der Waals surface area contributed by atoms with Crippen molar-refractivity contribution in [2.75, 3.05) is 18.5 Å². The third-order valence-corrected chi connectivity index (χ3v) is 5.28. The highest BCUT2D eigenvalue weighted by atomic mass is 32.1. The molecule has 0 spiro atoms. The zero-order valence-electron chi connectivity index (χ0n) is 12.9. The Hall–Kier alpha value is -1.36. The fraction of sp³-hybridized carbons (Fsp3) is 0.444. The first-order valence-electron chi connectivity index (χ1n) is 7.89. The standard InChI is InChI=1S/C18H21NO2S/c1-11(2)12-3-4-15-14(9-12)17-18(21-7-6-20-17)16(19-15)13-5-8-22-10-13/h3-5,8-11,16-19H,6-7H2,1-2H3/t16-,17+,18-/m1/s1. The molecule has 3 heterocycles. The Morgan fingerprint density at radius 3 is 2.82 bits per heavy atom. The average molecular weight is 315 g/mol. The molecule has 4 rings (SSSR count). The first kappa shape index (κ1) is 14.2. The third kappa shape index (κ3) is 2.35. The maximum atomic E-state index is 6.11. The fourth-order valence-corrected chi connectivity index (χ4v) is 4.06. The number of hydrogen-bond donors (Lipinski definition) is 1. The van der Waals surface area contributed by atoms with Gasteiger partial charge in [0.2, 0.25) is 0 Å². The lowest BCUT2D eigenvalue weighted by molar-refractivity contribution is -0.151. The summed E-state index contributed by atoms with van der Waals surface area (Å²) in [5, 5.41) is 7.98. The van der Waals surface area contributed by atoms with Gasteiger partial charge in [-0.15, -0.1) is 0 Å². The monoisotopic (exact) mass is 315 g/mol. The van der Waals surface area contributed by atoms with Gasteiger partial charge in [-0.1, -0.05) is 26.0 Å². The van der Waals surface area contributed by atoms with Crippen molar-refractivity contribution in [3.63, 3.8) is 0 Å². The summed E-state index contributed by atoms with van der Waals surface area (Å²) in [5.41, 5.74) is 5.04. The van der Waals surface area contributed by atoms with Gasteiger partial charge in [0.1, 0.15) is 12.2 Å². The predicted octanol–water partition coefficient (Wildman–Crippen LogP) is 4.49. The molecule has 1 saturated heterocycles. The van der Waals surface area contributed by atoms with Gasteiger partial charge in [-0.05, 0) is 39.9 Å². The van der Waals surface area contributed by atoms with Crippen LogP contribution >= 0.6 is 11.3 Å². The van der Waals surface area contributed by atoms with E-state index in [2.05, 4.69) is 54.2 Å². The molecule has 1 fully saturated rings. The molecule has 1 N–H and O–H groups in total. The second-order valence-electron chi connectivity index (χ2n) is 6.31. The SMILES string of the molecule is CC(C)c1ccc2c(c1)[C@@H]1OCCO[C@@H]1[C@@H](c1ccsc1)N2. The first-order chi connectivity index (χ1) is 10.7. The van der Waals surface area contributed by atoms with E-state index >= 15 is 0 Å². The van der Waals surface area contributed by atoms with Gasteiger partial charge in [-0.2, -0.15) is 11.3 Å². The lowest BCUT2D eigenvalue weighted by Gasteiger charge is -2.43. The molecule has 3 nitrogen and oxygen atoms in total. The van der Waals surface area contributed by atoms with Crippen LogP contribution in [0.15, 0.2) is 35.0 Å². The molecule has 116 valence electrons. The van der Waals surface area contributed by atoms with Crippen LogP contribution in [-0.2, 0) is 9.47 Å². The van der Waals surface area contributed by atoms with E-state index < -0.39 is 0 Å². The lowest BCUT2D eigenvalue weighted by atomic mass is 9.86. The summed E-state index contributed by atoms with van der Waals surface area (Å²) >= 11 is 1.72. The van der Waals surface area contributed by atoms with E-state index in [0.29, 0.717) is 19.1 Å². The van der Waals surface area contributed by atoms with Crippen LogP contribution in [0.5, 0.6) is 0 Å². The molecule has 4 heteroatoms. The van der Waals surface area contributed by atoms with Crippen LogP contribution < -0.4 is 5.32 Å². The first-order valence-corrected chi connectivity index (χ1v) is 8.84. The van der Waals surface area contributed by atoms with Crippen molar-refractivity contribution in [1.82, 2.24) is 0 Å². The Bertz CT molecular complexity index is 653. The van der Waals surface area contributed by atoms with Crippen LogP contribution in [0.25, 0.3) is 0 Å². The average Bonchev–Trinajstić information content (AvgIpc) is 3.08. The molecule has 22 heavy (non-hydrogen) atoms. The van der Waals surface area contributed by atoms with E-state index in [1.165, 1.54) is 22.4 Å². The minimum Gasteiger partial charge on any atom is -0.375 e. The molecule has 0 saturated carbocycles. The van der Waals surface area contributed by atoms with Crippen molar-refractivity contribution in [1.29, 1.82) is 0 Å². The number of benzene rings is 1. The van der Waals surface area contributed by atoms with Crippen LogP contribution in [0.4, 0.5) is 5.69 Å². The van der Waals surface area contributed by atoms with Gasteiger partial charge in [-0.25, -0.2) is 0 Å². The zero-order valence-corrected chi connectivity index (χ0v) is 13.7. The molecule has 3 atom stereocenters. The van der Waals surface area contributed by atoms with E-state index in [9.17, 15) is 0 Å². The molecule has 0 amide bonds. The van der Waals surface area contributed by atoms with Crippen molar-refractivity contribution in [2.45, 2.75) is 38.0 Å². The van der Waals surface area contributed by atoms with Crippen LogP contribution in [0.1, 0.15) is 48.6 Å². The van der Waals surface area contributed by atoms with Gasteiger partial charge in [0.15, 0.2) is 0 Å². The number of fused-ring (bicyclic) bond motifs is 3. The number of rotatable bonds is 2. The number of thiophene rings is 1. The highest BCUT2D eigenvalue weighted by Gasteiger charge is 2.41. The van der Waals surface area contributed by atoms with Gasteiger partial charge in [0.05, 0.1) is 19.3 Å². The topological polar surface area (TPSA) is 30.5 Å². The Labute approximate surface area is 135 Å². The van der Waals surface area contributed by atoms with Crippen molar-refractivity contribution < 1.29 is 9.47 Å². The molecular weight excluding hydrogens is 294 g/mol. The number of nitrogens with one attached hydrogen (secondary N) is 1. The molecule has 1 aromatic heterocycles. The second kappa shape index (κ2) is 5.69. The largest absolute Gasteiger partial charge is 0.375 e. The van der Waals surface area contributed by atoms with Crippen LogP contribution in [0.2, 0.25) is 0 Å². The quantitative estimate of drug-likeness (QED) is 0.885. The van der Waals surface area contributed by atoms with E-state index in [-0.39, 0.29) is 18.2 Å². The Morgan fingerprint density at radius 2 is 2.05 bits per heavy atom. The van der Waals surface area contributed by atoms with Crippen LogP contribution in [0.3, 0.4) is 0 Å². The predicted molar refractivity (Wildman–Crippen MR) is 89.6 cm³/mol. The summed E-state index contributed by atoms with van der Waals surface area (Å²) in [6.45, 7) is 5.79. The lowest BCUT2D eigenvalue weighted by Crippen LogP contribution is -2.43. The van der Waals surface area contributed by atoms with E-state index in [0.717, 1.165) is 0 Å². The maximum Gasteiger partial charge on any atom is 0.113 e. The molecule has 0 bridgehead atoms. The molecule has 0 unspecified atom stereocenters. The van der Waals surface area contributed by atoms with Crippen LogP contribution in [0, 0.1) is 0 Å². The van der Waals surface area contributed by atoms with Crippen molar-refractivity contribution in [3.05, 3.63) is 51.7 Å². The summed E-state index contributed by atoms with van der Waals surface area (Å²) in [6, 6.07) is 9.02. The highest BCUT2D eigenvalue weighted by molar-refractivity contribution is 7.08. The van der Waals surface area contributed by atoms with E-state index in [1.807, 2.05) is 0 Å². The van der Waals surface area contributed by atoms with Crippen molar-refractivity contribution in [2.24, 2.45) is 0 Å². The molecule has 1 aromatic carbocycles. The van der Waals surface area contributed by atoms with Gasteiger partial charge in [0, 0.05) is 11.3 Å². The third-order valence-electron chi connectivity index (χ3n) is 4.58. The summed E-state index contributed by atoms with van der Waals surface area (Å²) < 4.78 is 12.2. The molecule has 0 aliphatic carbocycles. The smallest absolute Gasteiger partial charge is 0.113 e. The Kier molecular flexibility index (Phi) is 3.68. The van der Waals surface area contributed by atoms with Gasteiger partial charge < -0.3 is 14.8 Å². The summed E-state index contributed by atoms with van der Waals surface area (Å²) in [6.07, 6.45) is 0.0619. The van der Waals surface area contributed by atoms with Gasteiger partial charge in [-0.3, -0.25) is 0 Å². The van der Waals surface area contributed by atoms with E-state index in [4.69, 9.17) is 9.47 Å². The molecule has 2 aliphatic rings. The van der Waals surface area contributed by atoms with E-state index in [1.54, 1.807) is 11.3 Å². The van der Waals surface area contributed by atoms with Gasteiger partial charge >= 0.3 is 0 Å². The minimum absolute atomic E-state index is 0.0219. The summed E-state index contributed by atoms with van der Waals surface area (Å²) in [5.74, 6) is 0.517. The fourth-order valence-electron chi connectivity index (χ4n) is 3.36. The maximum absolute atomic E-state index is 6.11. The summed E-state index contributed by atoms with van der Waals surface area (Å²) in [4.78, 5) is 0. The van der Waals surface area contributed by atoms with Crippen LogP contribution in [-0.4, -0.2) is 19.3 Å².